The molecule has 180 valence electrons. The quantitative estimate of drug-likeness (QED) is 0.458. The molecular formula is C25H34N2O6. The van der Waals surface area contributed by atoms with Crippen LogP contribution in [0.1, 0.15) is 50.7 Å². The van der Waals surface area contributed by atoms with E-state index in [-0.39, 0.29) is 25.0 Å². The summed E-state index contributed by atoms with van der Waals surface area (Å²) in [5.41, 5.74) is 0.693. The van der Waals surface area contributed by atoms with E-state index < -0.39 is 35.0 Å². The van der Waals surface area contributed by atoms with Crippen molar-refractivity contribution in [2.24, 2.45) is 11.8 Å². The van der Waals surface area contributed by atoms with Crippen molar-refractivity contribution in [2.45, 2.75) is 70.6 Å². The number of esters is 1. The molecular weight excluding hydrogens is 424 g/mol. The Morgan fingerprint density at radius 1 is 1.24 bits per heavy atom. The summed E-state index contributed by atoms with van der Waals surface area (Å²) in [6, 6.07) is 4.94. The van der Waals surface area contributed by atoms with Gasteiger partial charge in [-0.05, 0) is 64.5 Å². The number of aliphatic hydroxyl groups is 1. The Labute approximate surface area is 194 Å². The number of ether oxygens (including phenoxy) is 2. The fourth-order valence-electron chi connectivity index (χ4n) is 6.15. The molecule has 0 radical (unpaired) electrons. The van der Waals surface area contributed by atoms with E-state index in [1.807, 2.05) is 39.0 Å². The van der Waals surface area contributed by atoms with Crippen LogP contribution in [0.2, 0.25) is 0 Å². The number of hydrogen-bond donors (Lipinski definition) is 2. The smallest absolute Gasteiger partial charge is 0.312 e. The molecule has 8 heteroatoms. The lowest BCUT2D eigenvalue weighted by Crippen LogP contribution is -2.53. The minimum Gasteiger partial charge on any atom is -0.466 e. The van der Waals surface area contributed by atoms with Crippen molar-refractivity contribution in [3.8, 4) is 0 Å². The fraction of sp³-hybridized carbons (Fsp3) is 0.640. The number of nitrogens with one attached hydrogen (secondary N) is 1. The molecule has 3 aliphatic rings. The molecule has 0 aliphatic carbocycles. The minimum atomic E-state index is -1.07. The zero-order valence-corrected chi connectivity index (χ0v) is 19.8. The van der Waals surface area contributed by atoms with Crippen LogP contribution in [0, 0.1) is 25.7 Å². The van der Waals surface area contributed by atoms with Crippen LogP contribution in [0.4, 0.5) is 5.69 Å². The number of amides is 2. The Morgan fingerprint density at radius 2 is 1.94 bits per heavy atom. The largest absolute Gasteiger partial charge is 0.466 e. The van der Waals surface area contributed by atoms with E-state index in [2.05, 4.69) is 5.32 Å². The van der Waals surface area contributed by atoms with E-state index in [9.17, 15) is 19.5 Å². The zero-order chi connectivity index (χ0) is 24.0. The molecule has 2 unspecified atom stereocenters. The predicted octanol–water partition coefficient (Wildman–Crippen LogP) is 2.34. The van der Waals surface area contributed by atoms with Crippen LogP contribution in [-0.2, 0) is 23.9 Å². The first-order chi connectivity index (χ1) is 15.7. The normalized spacial score (nSPS) is 32.2. The first-order valence-electron chi connectivity index (χ1n) is 11.9. The van der Waals surface area contributed by atoms with Crippen LogP contribution in [0.3, 0.4) is 0 Å². The number of anilines is 1. The van der Waals surface area contributed by atoms with Gasteiger partial charge in [0.15, 0.2) is 0 Å². The van der Waals surface area contributed by atoms with Crippen LogP contribution in [0.5, 0.6) is 0 Å². The number of aryl methyl sites for hydroxylation is 2. The van der Waals surface area contributed by atoms with Gasteiger partial charge in [0.25, 0.3) is 0 Å². The summed E-state index contributed by atoms with van der Waals surface area (Å²) in [7, 11) is 0. The van der Waals surface area contributed by atoms with Gasteiger partial charge in [-0.15, -0.1) is 0 Å². The zero-order valence-electron chi connectivity index (χ0n) is 19.8. The van der Waals surface area contributed by atoms with E-state index in [1.54, 1.807) is 11.8 Å². The van der Waals surface area contributed by atoms with Gasteiger partial charge in [0, 0.05) is 18.8 Å². The average molecular weight is 459 g/mol. The number of nitrogens with zero attached hydrogens (tertiary/aromatic N) is 1. The molecule has 8 nitrogen and oxygen atoms in total. The van der Waals surface area contributed by atoms with Crippen molar-refractivity contribution in [3.05, 3.63) is 29.3 Å². The molecule has 3 fully saturated rings. The third-order valence-electron chi connectivity index (χ3n) is 7.60. The van der Waals surface area contributed by atoms with Crippen LogP contribution in [-0.4, -0.2) is 64.8 Å². The van der Waals surface area contributed by atoms with E-state index in [0.717, 1.165) is 16.8 Å². The van der Waals surface area contributed by atoms with Gasteiger partial charge < -0.3 is 24.8 Å². The maximum Gasteiger partial charge on any atom is 0.312 e. The van der Waals surface area contributed by atoms with E-state index in [4.69, 9.17) is 9.47 Å². The molecule has 33 heavy (non-hydrogen) atoms. The van der Waals surface area contributed by atoms with Gasteiger partial charge in [0.2, 0.25) is 11.8 Å². The number of hydrogen-bond acceptors (Lipinski definition) is 6. The molecule has 0 saturated carbocycles. The fourth-order valence-corrected chi connectivity index (χ4v) is 6.15. The highest BCUT2D eigenvalue weighted by Crippen LogP contribution is 2.63. The summed E-state index contributed by atoms with van der Waals surface area (Å²) < 4.78 is 11.8. The highest BCUT2D eigenvalue weighted by molar-refractivity contribution is 6.04. The maximum absolute atomic E-state index is 13.8. The molecule has 5 atom stereocenters. The number of rotatable bonds is 8. The number of unbranched alkanes of at least 4 members (excludes halogenated alkanes) is 1. The molecule has 1 aromatic rings. The van der Waals surface area contributed by atoms with Crippen LogP contribution < -0.4 is 5.32 Å². The average Bonchev–Trinajstić information content (AvgIpc) is 3.32. The van der Waals surface area contributed by atoms with Gasteiger partial charge >= 0.3 is 5.97 Å². The monoisotopic (exact) mass is 458 g/mol. The van der Waals surface area contributed by atoms with Gasteiger partial charge in [-0.25, -0.2) is 0 Å². The maximum atomic E-state index is 13.8. The van der Waals surface area contributed by atoms with Gasteiger partial charge in [0.1, 0.15) is 17.6 Å². The summed E-state index contributed by atoms with van der Waals surface area (Å²) in [4.78, 5) is 42.0. The van der Waals surface area contributed by atoms with E-state index in [1.165, 1.54) is 0 Å². The molecule has 2 N–H and O–H groups in total. The summed E-state index contributed by atoms with van der Waals surface area (Å²) in [6.07, 6.45) is 2.18. The Bertz CT molecular complexity index is 944. The Morgan fingerprint density at radius 3 is 2.58 bits per heavy atom. The summed E-state index contributed by atoms with van der Waals surface area (Å²) in [5.74, 6) is -2.47. The van der Waals surface area contributed by atoms with E-state index >= 15 is 0 Å². The Balaban J connectivity index is 1.73. The van der Waals surface area contributed by atoms with E-state index in [0.29, 0.717) is 32.2 Å². The molecule has 0 aromatic heterocycles. The standard InChI is InChI=1S/C25H34N2O6/c1-5-32-23(31)18-17-22(30)27(13-6-7-14-28)20(25(17)12-11-24(18,4)33-25)21(29)26-19-15(2)9-8-10-16(19)3/h8-10,17-18,20,28H,5-7,11-14H2,1-4H3,(H,26,29)/t17-,18+,20?,24-,25?/m0/s1. The van der Waals surface area contributed by atoms with Crippen LogP contribution >= 0.6 is 0 Å². The number of carbonyl (C=O) groups is 3. The highest BCUT2D eigenvalue weighted by atomic mass is 16.6. The topological polar surface area (TPSA) is 105 Å². The molecule has 2 amide bonds. The molecule has 1 spiro atoms. The number of para-hydroxylation sites is 1. The third-order valence-corrected chi connectivity index (χ3v) is 7.60. The second kappa shape index (κ2) is 8.72. The number of aliphatic hydroxyl groups excluding tert-OH is 1. The molecule has 3 saturated heterocycles. The van der Waals surface area contributed by atoms with Crippen molar-refractivity contribution in [2.75, 3.05) is 25.1 Å². The number of likely N-dealkylation sites (tertiary alicyclic amines) is 1. The van der Waals surface area contributed by atoms with Gasteiger partial charge in [-0.3, -0.25) is 14.4 Å². The highest BCUT2D eigenvalue weighted by Gasteiger charge is 2.78. The lowest BCUT2D eigenvalue weighted by atomic mass is 9.66. The lowest BCUT2D eigenvalue weighted by molar-refractivity contribution is -0.158. The number of carbonyl (C=O) groups excluding carboxylic acids is 3. The third kappa shape index (κ3) is 3.64. The van der Waals surface area contributed by atoms with Crippen molar-refractivity contribution in [1.82, 2.24) is 4.90 Å². The van der Waals surface area contributed by atoms with Crippen molar-refractivity contribution in [3.63, 3.8) is 0 Å². The van der Waals surface area contributed by atoms with Gasteiger partial charge in [0.05, 0.1) is 18.1 Å². The van der Waals surface area contributed by atoms with Crippen molar-refractivity contribution >= 4 is 23.5 Å². The second-order valence-electron chi connectivity index (χ2n) is 9.70. The Kier molecular flexibility index (Phi) is 6.26. The molecule has 2 bridgehead atoms. The SMILES string of the molecule is CCOC(=O)[C@H]1[C@H]2C(=O)N(CCCCO)C(C(=O)Nc3c(C)cccc3C)C23CC[C@]1(C)O3. The second-order valence-corrected chi connectivity index (χ2v) is 9.70. The summed E-state index contributed by atoms with van der Waals surface area (Å²) in [6.45, 7) is 7.99. The number of fused-ring (bicyclic) bond motifs is 1. The Hall–Kier alpha value is -2.45. The van der Waals surface area contributed by atoms with Gasteiger partial charge in [-0.1, -0.05) is 18.2 Å². The van der Waals surface area contributed by atoms with Crippen LogP contribution in [0.25, 0.3) is 0 Å². The first-order valence-corrected chi connectivity index (χ1v) is 11.9. The van der Waals surface area contributed by atoms with Crippen molar-refractivity contribution < 1.29 is 29.0 Å². The molecule has 3 heterocycles. The molecule has 1 aromatic carbocycles. The van der Waals surface area contributed by atoms with Crippen LogP contribution in [0.15, 0.2) is 18.2 Å². The molecule has 3 aliphatic heterocycles. The first kappa shape index (κ1) is 23.7. The summed E-state index contributed by atoms with van der Waals surface area (Å²) in [5, 5.41) is 12.3. The predicted molar refractivity (Wildman–Crippen MR) is 121 cm³/mol. The number of benzene rings is 1. The van der Waals surface area contributed by atoms with Gasteiger partial charge in [-0.2, -0.15) is 0 Å². The van der Waals surface area contributed by atoms with Crippen molar-refractivity contribution in [1.29, 1.82) is 0 Å². The lowest BCUT2D eigenvalue weighted by Gasteiger charge is -2.33. The summed E-state index contributed by atoms with van der Waals surface area (Å²) >= 11 is 0. The molecule has 4 rings (SSSR count). The minimum absolute atomic E-state index is 0.00981.